The van der Waals surface area contributed by atoms with Gasteiger partial charge in [0, 0.05) is 25.4 Å². The van der Waals surface area contributed by atoms with Gasteiger partial charge in [0.25, 0.3) is 11.1 Å². The number of aryl methyl sites for hydroxylation is 2. The molecule has 0 aliphatic rings. The molecule has 8 heteroatoms. The molecule has 0 atom stereocenters. The van der Waals surface area contributed by atoms with E-state index in [1.54, 1.807) is 18.2 Å². The maximum absolute atomic E-state index is 12.4. The number of hydrogen-bond acceptors (Lipinski definition) is 6. The van der Waals surface area contributed by atoms with Crippen LogP contribution < -0.4 is 11.1 Å². The fourth-order valence-electron chi connectivity index (χ4n) is 2.53. The maximum Gasteiger partial charge on any atom is 0.281 e. The van der Waals surface area contributed by atoms with Crippen LogP contribution in [-0.4, -0.2) is 29.5 Å². The van der Waals surface area contributed by atoms with E-state index in [1.807, 2.05) is 6.07 Å². The fourth-order valence-corrected chi connectivity index (χ4v) is 2.53. The van der Waals surface area contributed by atoms with Gasteiger partial charge in [-0.15, -0.1) is 0 Å². The van der Waals surface area contributed by atoms with Gasteiger partial charge < -0.3 is 4.98 Å². The van der Waals surface area contributed by atoms with Crippen LogP contribution in [0.2, 0.25) is 0 Å². The van der Waals surface area contributed by atoms with Gasteiger partial charge >= 0.3 is 0 Å². The molecule has 3 heterocycles. The van der Waals surface area contributed by atoms with E-state index in [2.05, 4.69) is 24.9 Å². The standard InChI is InChI=1S/C16H12N6O2/c23-15-10-3-1-2-4-11(10)20-12(21-15)5-8-22-9-19-14-13(16(22)24)17-6-7-18-14/h1-4,6-7,9H,5,8H2,(H,20,21,23). The summed E-state index contributed by atoms with van der Waals surface area (Å²) in [7, 11) is 0. The molecule has 4 aromatic rings. The third-order valence-electron chi connectivity index (χ3n) is 3.71. The zero-order valence-corrected chi connectivity index (χ0v) is 12.5. The molecule has 0 radical (unpaired) electrons. The first kappa shape index (κ1) is 14.2. The van der Waals surface area contributed by atoms with E-state index in [4.69, 9.17) is 0 Å². The first-order valence-corrected chi connectivity index (χ1v) is 7.36. The molecule has 118 valence electrons. The molecule has 24 heavy (non-hydrogen) atoms. The predicted octanol–water partition coefficient (Wildman–Crippen LogP) is 0.666. The predicted molar refractivity (Wildman–Crippen MR) is 87.7 cm³/mol. The highest BCUT2D eigenvalue weighted by Crippen LogP contribution is 2.06. The van der Waals surface area contributed by atoms with E-state index in [0.717, 1.165) is 0 Å². The van der Waals surface area contributed by atoms with Gasteiger partial charge in [0.15, 0.2) is 11.2 Å². The Morgan fingerprint density at radius 2 is 1.88 bits per heavy atom. The molecule has 0 unspecified atom stereocenters. The van der Waals surface area contributed by atoms with Crippen molar-refractivity contribution in [2.75, 3.05) is 0 Å². The number of hydrogen-bond donors (Lipinski definition) is 1. The summed E-state index contributed by atoms with van der Waals surface area (Å²) in [6.07, 6.45) is 4.77. The van der Waals surface area contributed by atoms with E-state index in [-0.39, 0.29) is 16.6 Å². The van der Waals surface area contributed by atoms with Gasteiger partial charge in [-0.05, 0) is 12.1 Å². The van der Waals surface area contributed by atoms with E-state index < -0.39 is 0 Å². The SMILES string of the molecule is O=c1[nH]c(CCn2cnc3nccnc3c2=O)nc2ccccc12. The Hall–Kier alpha value is -3.42. The number of para-hydroxylation sites is 1. The molecule has 0 aliphatic heterocycles. The molecule has 0 saturated heterocycles. The number of nitrogens with zero attached hydrogens (tertiary/aromatic N) is 5. The Kier molecular flexibility index (Phi) is 3.34. The normalized spacial score (nSPS) is 11.2. The minimum absolute atomic E-state index is 0.189. The second-order valence-electron chi connectivity index (χ2n) is 5.25. The van der Waals surface area contributed by atoms with Crippen molar-refractivity contribution in [1.82, 2.24) is 29.5 Å². The molecule has 0 aliphatic carbocycles. The van der Waals surface area contributed by atoms with E-state index >= 15 is 0 Å². The second-order valence-corrected chi connectivity index (χ2v) is 5.25. The van der Waals surface area contributed by atoms with Gasteiger partial charge in [-0.2, -0.15) is 0 Å². The van der Waals surface area contributed by atoms with Crippen molar-refractivity contribution in [1.29, 1.82) is 0 Å². The lowest BCUT2D eigenvalue weighted by Crippen LogP contribution is -2.23. The van der Waals surface area contributed by atoms with Crippen LogP contribution in [0.5, 0.6) is 0 Å². The summed E-state index contributed by atoms with van der Waals surface area (Å²) in [4.78, 5) is 43.7. The molecular formula is C16H12N6O2. The number of aromatic nitrogens is 6. The van der Waals surface area contributed by atoms with Gasteiger partial charge in [0.05, 0.1) is 10.9 Å². The highest BCUT2D eigenvalue weighted by Gasteiger charge is 2.07. The average molecular weight is 320 g/mol. The number of rotatable bonds is 3. The minimum atomic E-state index is -0.267. The van der Waals surface area contributed by atoms with Crippen LogP contribution in [0.25, 0.3) is 22.1 Å². The van der Waals surface area contributed by atoms with Crippen molar-refractivity contribution in [3.63, 3.8) is 0 Å². The molecule has 0 amide bonds. The Morgan fingerprint density at radius 3 is 2.79 bits per heavy atom. The van der Waals surface area contributed by atoms with Crippen LogP contribution in [0, 0.1) is 0 Å². The van der Waals surface area contributed by atoms with Gasteiger partial charge in [0.1, 0.15) is 12.2 Å². The van der Waals surface area contributed by atoms with Crippen LogP contribution >= 0.6 is 0 Å². The van der Waals surface area contributed by atoms with Crippen LogP contribution in [0.4, 0.5) is 0 Å². The Balaban J connectivity index is 1.67. The van der Waals surface area contributed by atoms with Crippen LogP contribution in [0.1, 0.15) is 5.82 Å². The van der Waals surface area contributed by atoms with Gasteiger partial charge in [-0.3, -0.25) is 14.2 Å². The van der Waals surface area contributed by atoms with Crippen LogP contribution in [0.15, 0.2) is 52.6 Å². The van der Waals surface area contributed by atoms with E-state index in [9.17, 15) is 9.59 Å². The minimum Gasteiger partial charge on any atom is -0.310 e. The molecule has 0 bridgehead atoms. The van der Waals surface area contributed by atoms with E-state index in [0.29, 0.717) is 35.3 Å². The highest BCUT2D eigenvalue weighted by atomic mass is 16.1. The maximum atomic E-state index is 12.4. The summed E-state index contributed by atoms with van der Waals surface area (Å²) in [5.74, 6) is 0.518. The number of fused-ring (bicyclic) bond motifs is 2. The zero-order valence-electron chi connectivity index (χ0n) is 12.5. The monoisotopic (exact) mass is 320 g/mol. The number of nitrogens with one attached hydrogen (secondary N) is 1. The van der Waals surface area contributed by atoms with Crippen molar-refractivity contribution < 1.29 is 0 Å². The molecule has 1 aromatic carbocycles. The molecule has 4 rings (SSSR count). The Morgan fingerprint density at radius 1 is 1.04 bits per heavy atom. The molecular weight excluding hydrogens is 308 g/mol. The Bertz CT molecular complexity index is 1160. The molecule has 0 saturated carbocycles. The molecule has 3 aromatic heterocycles. The lowest BCUT2D eigenvalue weighted by molar-refractivity contribution is 0.641. The van der Waals surface area contributed by atoms with Crippen molar-refractivity contribution in [3.8, 4) is 0 Å². The van der Waals surface area contributed by atoms with Gasteiger partial charge in [-0.25, -0.2) is 19.9 Å². The van der Waals surface area contributed by atoms with Gasteiger partial charge in [-0.1, -0.05) is 12.1 Å². The van der Waals surface area contributed by atoms with Crippen molar-refractivity contribution in [2.24, 2.45) is 0 Å². The number of aromatic amines is 1. The first-order chi connectivity index (χ1) is 11.7. The largest absolute Gasteiger partial charge is 0.310 e. The summed E-state index contributed by atoms with van der Waals surface area (Å²) < 4.78 is 1.44. The summed E-state index contributed by atoms with van der Waals surface area (Å²) in [6, 6.07) is 7.13. The summed E-state index contributed by atoms with van der Waals surface area (Å²) in [5, 5.41) is 0.543. The average Bonchev–Trinajstić information content (AvgIpc) is 2.61. The fraction of sp³-hybridized carbons (Fsp3) is 0.125. The summed E-state index contributed by atoms with van der Waals surface area (Å²) in [5.41, 5.74) is 0.712. The van der Waals surface area contributed by atoms with Crippen LogP contribution in [-0.2, 0) is 13.0 Å². The topological polar surface area (TPSA) is 106 Å². The lowest BCUT2D eigenvalue weighted by Gasteiger charge is -2.06. The third-order valence-corrected chi connectivity index (χ3v) is 3.71. The smallest absolute Gasteiger partial charge is 0.281 e. The van der Waals surface area contributed by atoms with Crippen molar-refractivity contribution >= 4 is 22.1 Å². The summed E-state index contributed by atoms with van der Waals surface area (Å²) in [6.45, 7) is 0.333. The second kappa shape index (κ2) is 5.65. The first-order valence-electron chi connectivity index (χ1n) is 7.36. The summed E-state index contributed by atoms with van der Waals surface area (Å²) >= 11 is 0. The quantitative estimate of drug-likeness (QED) is 0.594. The zero-order chi connectivity index (χ0) is 16.5. The third kappa shape index (κ3) is 2.43. The lowest BCUT2D eigenvalue weighted by atomic mass is 10.2. The van der Waals surface area contributed by atoms with Crippen LogP contribution in [0.3, 0.4) is 0 Å². The number of H-pyrrole nitrogens is 1. The number of benzene rings is 1. The molecule has 0 spiro atoms. The van der Waals surface area contributed by atoms with Gasteiger partial charge in [0.2, 0.25) is 0 Å². The Labute approximate surface area is 134 Å². The van der Waals surface area contributed by atoms with Crippen molar-refractivity contribution in [3.05, 3.63) is 69.5 Å². The van der Waals surface area contributed by atoms with Crippen molar-refractivity contribution in [2.45, 2.75) is 13.0 Å². The molecule has 0 fully saturated rings. The highest BCUT2D eigenvalue weighted by molar-refractivity contribution is 5.77. The van der Waals surface area contributed by atoms with E-state index in [1.165, 1.54) is 23.3 Å². The molecule has 8 nitrogen and oxygen atoms in total. The molecule has 1 N–H and O–H groups in total.